The van der Waals surface area contributed by atoms with Crippen LogP contribution in [0.15, 0.2) is 58.7 Å². The van der Waals surface area contributed by atoms with E-state index in [4.69, 9.17) is 0 Å². The van der Waals surface area contributed by atoms with Crippen LogP contribution in [0.2, 0.25) is 0 Å². The number of pyridine rings is 1. The molecule has 1 aromatic carbocycles. The molecule has 0 atom stereocenters. The summed E-state index contributed by atoms with van der Waals surface area (Å²) in [5.74, 6) is 0. The van der Waals surface area contributed by atoms with Crippen LogP contribution in [0.5, 0.6) is 0 Å². The zero-order valence-corrected chi connectivity index (χ0v) is 12.8. The zero-order chi connectivity index (χ0) is 14.5. The van der Waals surface area contributed by atoms with Crippen LogP contribution in [0.4, 0.5) is 0 Å². The number of nitrogens with one attached hydrogen (secondary N) is 1. The third-order valence-electron chi connectivity index (χ3n) is 3.17. The molecule has 0 saturated carbocycles. The molecular weight excluding hydrogens is 280 g/mol. The largest absolute Gasteiger partial charge is 0.313 e. The van der Waals surface area contributed by atoms with Crippen molar-refractivity contribution in [3.05, 3.63) is 54.2 Å². The van der Waals surface area contributed by atoms with Crippen molar-refractivity contribution >= 4 is 17.4 Å². The molecule has 108 valence electrons. The van der Waals surface area contributed by atoms with Crippen LogP contribution in [0.1, 0.15) is 18.9 Å². The van der Waals surface area contributed by atoms with Gasteiger partial charge in [0, 0.05) is 17.6 Å². The Morgan fingerprint density at radius 1 is 1.10 bits per heavy atom. The van der Waals surface area contributed by atoms with Crippen molar-refractivity contribution in [2.45, 2.75) is 29.9 Å². The van der Waals surface area contributed by atoms with Gasteiger partial charge in [0.1, 0.15) is 0 Å². The van der Waals surface area contributed by atoms with Crippen LogP contribution >= 0.6 is 11.8 Å². The molecule has 1 N–H and O–H groups in total. The van der Waals surface area contributed by atoms with Crippen LogP contribution in [0, 0.1) is 0 Å². The molecule has 0 amide bonds. The normalized spacial score (nSPS) is 11.1. The lowest BCUT2D eigenvalue weighted by Gasteiger charge is -2.04. The van der Waals surface area contributed by atoms with Crippen molar-refractivity contribution in [1.29, 1.82) is 0 Å². The Hall–Kier alpha value is -1.85. The lowest BCUT2D eigenvalue weighted by molar-refractivity contribution is 0.675. The van der Waals surface area contributed by atoms with E-state index >= 15 is 0 Å². The van der Waals surface area contributed by atoms with Gasteiger partial charge in [-0.3, -0.25) is 4.40 Å². The first-order valence-corrected chi connectivity index (χ1v) is 7.96. The molecule has 0 aliphatic rings. The minimum absolute atomic E-state index is 0.875. The van der Waals surface area contributed by atoms with Crippen LogP contribution in [-0.4, -0.2) is 21.1 Å². The maximum Gasteiger partial charge on any atom is 0.200 e. The minimum atomic E-state index is 0.875. The molecule has 0 fully saturated rings. The summed E-state index contributed by atoms with van der Waals surface area (Å²) in [7, 11) is 0. The highest BCUT2D eigenvalue weighted by Crippen LogP contribution is 2.26. The number of fused-ring (bicyclic) bond motifs is 1. The second kappa shape index (κ2) is 6.74. The summed E-state index contributed by atoms with van der Waals surface area (Å²) in [6, 6.07) is 14.5. The van der Waals surface area contributed by atoms with Gasteiger partial charge in [-0.05, 0) is 54.6 Å². The zero-order valence-electron chi connectivity index (χ0n) is 12.0. The molecule has 2 heterocycles. The van der Waals surface area contributed by atoms with Gasteiger partial charge in [-0.25, -0.2) is 0 Å². The van der Waals surface area contributed by atoms with E-state index in [1.54, 1.807) is 11.8 Å². The molecule has 0 bridgehead atoms. The van der Waals surface area contributed by atoms with Gasteiger partial charge in [0.05, 0.1) is 0 Å². The Balaban J connectivity index is 1.70. The van der Waals surface area contributed by atoms with Crippen molar-refractivity contribution in [3.8, 4) is 0 Å². The van der Waals surface area contributed by atoms with Gasteiger partial charge in [-0.1, -0.05) is 25.1 Å². The lowest BCUT2D eigenvalue weighted by Crippen LogP contribution is -2.13. The first-order valence-electron chi connectivity index (χ1n) is 7.14. The van der Waals surface area contributed by atoms with E-state index in [9.17, 15) is 0 Å². The smallest absolute Gasteiger partial charge is 0.200 e. The van der Waals surface area contributed by atoms with E-state index < -0.39 is 0 Å². The molecule has 0 aliphatic heterocycles. The fraction of sp³-hybridized carbons (Fsp3) is 0.250. The number of aromatic nitrogens is 3. The standard InChI is InChI=1S/C16H18N4S/c1-2-10-17-12-13-6-8-14(9-7-13)21-16-19-18-15-5-3-4-11-20(15)16/h3-9,11,17H,2,10,12H2,1H3. The van der Waals surface area contributed by atoms with Crippen LogP contribution in [0.25, 0.3) is 5.65 Å². The highest BCUT2D eigenvalue weighted by molar-refractivity contribution is 7.99. The molecule has 21 heavy (non-hydrogen) atoms. The highest BCUT2D eigenvalue weighted by atomic mass is 32.2. The van der Waals surface area contributed by atoms with E-state index in [1.807, 2.05) is 28.8 Å². The lowest BCUT2D eigenvalue weighted by atomic mass is 10.2. The van der Waals surface area contributed by atoms with E-state index in [0.717, 1.165) is 30.3 Å². The first-order chi connectivity index (χ1) is 10.4. The SMILES string of the molecule is CCCNCc1ccc(Sc2nnc3ccccn23)cc1. The Kier molecular flexibility index (Phi) is 4.52. The summed E-state index contributed by atoms with van der Waals surface area (Å²) < 4.78 is 2.00. The molecule has 0 spiro atoms. The van der Waals surface area contributed by atoms with Crippen molar-refractivity contribution in [2.75, 3.05) is 6.54 Å². The van der Waals surface area contributed by atoms with E-state index in [-0.39, 0.29) is 0 Å². The van der Waals surface area contributed by atoms with Gasteiger partial charge in [0.25, 0.3) is 0 Å². The number of hydrogen-bond acceptors (Lipinski definition) is 4. The summed E-state index contributed by atoms with van der Waals surface area (Å²) in [5.41, 5.74) is 2.18. The molecule has 0 unspecified atom stereocenters. The minimum Gasteiger partial charge on any atom is -0.313 e. The Morgan fingerprint density at radius 2 is 1.95 bits per heavy atom. The molecule has 3 rings (SSSR count). The Bertz CT molecular complexity index is 706. The number of nitrogens with zero attached hydrogens (tertiary/aromatic N) is 3. The Morgan fingerprint density at radius 3 is 2.76 bits per heavy atom. The molecule has 3 aromatic rings. The summed E-state index contributed by atoms with van der Waals surface area (Å²) in [6.45, 7) is 4.16. The third-order valence-corrected chi connectivity index (χ3v) is 4.14. The molecule has 0 saturated heterocycles. The van der Waals surface area contributed by atoms with Gasteiger partial charge < -0.3 is 5.32 Å². The monoisotopic (exact) mass is 298 g/mol. The fourth-order valence-electron chi connectivity index (χ4n) is 2.08. The van der Waals surface area contributed by atoms with Gasteiger partial charge in [-0.2, -0.15) is 0 Å². The summed E-state index contributed by atoms with van der Waals surface area (Å²) in [4.78, 5) is 1.17. The fourth-order valence-corrected chi connectivity index (χ4v) is 2.90. The van der Waals surface area contributed by atoms with Crippen molar-refractivity contribution in [3.63, 3.8) is 0 Å². The second-order valence-electron chi connectivity index (χ2n) is 4.83. The second-order valence-corrected chi connectivity index (χ2v) is 5.87. The summed E-state index contributed by atoms with van der Waals surface area (Å²) in [5, 5.41) is 12.7. The third kappa shape index (κ3) is 3.43. The predicted octanol–water partition coefficient (Wildman–Crippen LogP) is 3.38. The van der Waals surface area contributed by atoms with Gasteiger partial charge >= 0.3 is 0 Å². The average molecular weight is 298 g/mol. The van der Waals surface area contributed by atoms with Crippen LogP contribution < -0.4 is 5.32 Å². The van der Waals surface area contributed by atoms with E-state index in [1.165, 1.54) is 10.5 Å². The van der Waals surface area contributed by atoms with Crippen molar-refractivity contribution in [1.82, 2.24) is 19.9 Å². The maximum absolute atomic E-state index is 4.24. The molecule has 2 aromatic heterocycles. The van der Waals surface area contributed by atoms with Gasteiger partial charge in [0.2, 0.25) is 0 Å². The molecule has 0 radical (unpaired) electrons. The van der Waals surface area contributed by atoms with E-state index in [2.05, 4.69) is 46.7 Å². The van der Waals surface area contributed by atoms with Crippen molar-refractivity contribution < 1.29 is 0 Å². The predicted molar refractivity (Wildman–Crippen MR) is 85.5 cm³/mol. The first kappa shape index (κ1) is 14.1. The quantitative estimate of drug-likeness (QED) is 0.708. The maximum atomic E-state index is 4.24. The molecule has 5 heteroatoms. The van der Waals surface area contributed by atoms with Gasteiger partial charge in [-0.15, -0.1) is 10.2 Å². The molecule has 4 nitrogen and oxygen atoms in total. The molecule has 0 aliphatic carbocycles. The Labute approximate surface area is 128 Å². The van der Waals surface area contributed by atoms with Crippen LogP contribution in [-0.2, 0) is 6.54 Å². The van der Waals surface area contributed by atoms with Gasteiger partial charge in [0.15, 0.2) is 10.8 Å². The summed E-state index contributed by atoms with van der Waals surface area (Å²) >= 11 is 1.63. The van der Waals surface area contributed by atoms with Crippen LogP contribution in [0.3, 0.4) is 0 Å². The van der Waals surface area contributed by atoms with E-state index in [0.29, 0.717) is 0 Å². The highest BCUT2D eigenvalue weighted by Gasteiger charge is 2.06. The summed E-state index contributed by atoms with van der Waals surface area (Å²) in [6.07, 6.45) is 3.15. The average Bonchev–Trinajstić information content (AvgIpc) is 2.93. The molecular formula is C16H18N4S. The number of benzene rings is 1. The number of rotatable bonds is 6. The van der Waals surface area contributed by atoms with Crippen molar-refractivity contribution in [2.24, 2.45) is 0 Å². The number of hydrogen-bond donors (Lipinski definition) is 1. The topological polar surface area (TPSA) is 42.2 Å².